The smallest absolute Gasteiger partial charge is 0.306 e. The Morgan fingerprint density at radius 3 is 1.14 bits per heavy atom. The number of nitriles is 1. The van der Waals surface area contributed by atoms with Crippen LogP contribution in [0.3, 0.4) is 0 Å². The van der Waals surface area contributed by atoms with Crippen molar-refractivity contribution in [3.05, 3.63) is 282 Å². The van der Waals surface area contributed by atoms with Gasteiger partial charge in [0, 0.05) is 32.7 Å². The Kier molecular flexibility index (Phi) is 10.1. The fourth-order valence-electron chi connectivity index (χ4n) is 13.3. The van der Waals surface area contributed by atoms with Crippen LogP contribution in [0.1, 0.15) is 38.9 Å². The molecule has 2 aliphatic rings. The van der Waals surface area contributed by atoms with Gasteiger partial charge in [-0.15, -0.1) is 0 Å². The Bertz CT molecular complexity index is 4480. The maximum atomic E-state index is 15.4. The van der Waals surface area contributed by atoms with E-state index in [0.29, 0.717) is 83.3 Å². The van der Waals surface area contributed by atoms with E-state index in [1.807, 2.05) is 179 Å². The lowest BCUT2D eigenvalue weighted by Gasteiger charge is -2.46. The predicted molar refractivity (Wildman–Crippen MR) is 306 cm³/mol. The van der Waals surface area contributed by atoms with Gasteiger partial charge in [0.1, 0.15) is 6.07 Å². The lowest BCUT2D eigenvalue weighted by molar-refractivity contribution is -0.138. The van der Waals surface area contributed by atoms with Crippen molar-refractivity contribution in [3.8, 4) is 50.8 Å². The molecule has 80 heavy (non-hydrogen) atoms. The maximum Gasteiger partial charge on any atom is 0.416 e. The zero-order valence-electron chi connectivity index (χ0n) is 42.2. The zero-order valence-corrected chi connectivity index (χ0v) is 42.2. The number of hydrogen-bond acceptors (Lipinski definition) is 2. The molecule has 0 N–H and O–H groups in total. The van der Waals surface area contributed by atoms with E-state index in [2.05, 4.69) is 47.4 Å². The summed E-state index contributed by atoms with van der Waals surface area (Å²) in [5, 5.41) is 14.6. The van der Waals surface area contributed by atoms with Gasteiger partial charge in [0.15, 0.2) is 0 Å². The fraction of sp³-hybridized carbons (Fsp3) is 0.0429. The van der Waals surface area contributed by atoms with Crippen LogP contribution in [-0.2, 0) is 17.8 Å². The average Bonchev–Trinajstić information content (AvgIpc) is 3.57. The Labute approximate surface area is 454 Å². The normalized spacial score (nSPS) is 13.4. The topological polar surface area (TPSA) is 36.9 Å². The number of alkyl halides is 6. The first-order chi connectivity index (χ1) is 39.0. The van der Waals surface area contributed by atoms with Crippen molar-refractivity contribution in [2.24, 2.45) is 0 Å². The number of para-hydroxylation sites is 4. The minimum absolute atomic E-state index is 0.153. The molecule has 3 heterocycles. The number of aromatic nitrogens is 2. The summed E-state index contributed by atoms with van der Waals surface area (Å²) in [6.45, 7) is 0. The summed E-state index contributed by atoms with van der Waals surface area (Å²) in [5.74, 6) is 0. The molecule has 0 unspecified atom stereocenters. The number of rotatable bonds is 5. The van der Waals surface area contributed by atoms with E-state index in [1.165, 1.54) is 24.3 Å². The lowest BCUT2D eigenvalue weighted by Crippen LogP contribution is -2.36. The molecule has 10 heteroatoms. The SMILES string of the molecule is N#Cc1c(-c2ccccc2)c(-n2c3ccccc3c3ccc(C(F)(F)F)cc32)c(N2c3ccccc3C3(c4ccccc4-c4ccccc43)c3ccccc32)c(-n2c3ccccc3c3ccc(C(F)(F)F)cc32)c1-c1ccccc1. The third-order valence-electron chi connectivity index (χ3n) is 16.4. The predicted octanol–water partition coefficient (Wildman–Crippen LogP) is 19.3. The molecule has 0 fully saturated rings. The van der Waals surface area contributed by atoms with E-state index in [4.69, 9.17) is 0 Å². The highest BCUT2D eigenvalue weighted by Gasteiger charge is 2.52. The van der Waals surface area contributed by atoms with Gasteiger partial charge >= 0.3 is 12.4 Å². The van der Waals surface area contributed by atoms with Crippen LogP contribution in [0.15, 0.2) is 243 Å². The molecule has 0 saturated heterocycles. The van der Waals surface area contributed by atoms with Gasteiger partial charge in [-0.25, -0.2) is 0 Å². The second-order valence-electron chi connectivity index (χ2n) is 20.4. The molecule has 382 valence electrons. The van der Waals surface area contributed by atoms with Crippen LogP contribution in [0.2, 0.25) is 0 Å². The first-order valence-corrected chi connectivity index (χ1v) is 26.1. The fourth-order valence-corrected chi connectivity index (χ4v) is 13.3. The summed E-state index contributed by atoms with van der Waals surface area (Å²) in [4.78, 5) is 2.16. The summed E-state index contributed by atoms with van der Waals surface area (Å²) in [6, 6.07) is 76.9. The van der Waals surface area contributed by atoms with E-state index in [1.54, 1.807) is 0 Å². The first kappa shape index (κ1) is 47.1. The van der Waals surface area contributed by atoms with Crippen LogP contribution in [0, 0.1) is 11.3 Å². The number of nitrogens with zero attached hydrogens (tertiary/aromatic N) is 4. The third-order valence-corrected chi connectivity index (χ3v) is 16.4. The first-order valence-electron chi connectivity index (χ1n) is 26.1. The summed E-state index contributed by atoms with van der Waals surface area (Å²) in [7, 11) is 0. The monoisotopic (exact) mass is 1050 g/mol. The molecule has 0 atom stereocenters. The second kappa shape index (κ2) is 17.2. The lowest BCUT2D eigenvalue weighted by atomic mass is 9.64. The van der Waals surface area contributed by atoms with Gasteiger partial charge in [-0.1, -0.05) is 194 Å². The van der Waals surface area contributed by atoms with Crippen molar-refractivity contribution in [3.63, 3.8) is 0 Å². The van der Waals surface area contributed by atoms with E-state index in [-0.39, 0.29) is 16.6 Å². The molecule has 13 aromatic rings. The molecular formula is C70H40F6N4. The summed E-state index contributed by atoms with van der Waals surface area (Å²) in [5.41, 5.74) is 9.42. The molecule has 0 saturated carbocycles. The Morgan fingerprint density at radius 1 is 0.350 bits per heavy atom. The van der Waals surface area contributed by atoms with Gasteiger partial charge in [0.2, 0.25) is 0 Å². The van der Waals surface area contributed by atoms with E-state index in [0.717, 1.165) is 45.5 Å². The standard InChI is InChI=1S/C70H40F6N4/c71-69(72,73)44-35-37-50-48-25-9-15-31-57(48)78(61(50)39-44)65-63(42-19-3-1-4-20-42)52(41-77)64(43-21-5-2-6-22-43)66(79-58-32-16-10-26-49(58)51-38-36-45(40-62(51)79)70(74,75)76)67(65)80-59-33-17-13-29-55(59)68(56-30-14-18-34-60(56)80)53-27-11-7-23-46(53)47-24-8-12-28-54(47)68/h1-40H. The maximum absolute atomic E-state index is 15.4. The van der Waals surface area contributed by atoms with Crippen LogP contribution >= 0.6 is 0 Å². The van der Waals surface area contributed by atoms with Crippen LogP contribution in [-0.4, -0.2) is 9.13 Å². The molecular weight excluding hydrogens is 1010 g/mol. The molecule has 11 aromatic carbocycles. The Morgan fingerprint density at radius 2 is 0.713 bits per heavy atom. The average molecular weight is 1050 g/mol. The van der Waals surface area contributed by atoms with E-state index in [9.17, 15) is 5.26 Å². The van der Waals surface area contributed by atoms with Gasteiger partial charge in [0.25, 0.3) is 0 Å². The van der Waals surface area contributed by atoms with Gasteiger partial charge in [-0.2, -0.15) is 31.6 Å². The number of halogens is 6. The van der Waals surface area contributed by atoms with Gasteiger partial charge in [-0.3, -0.25) is 0 Å². The highest BCUT2D eigenvalue weighted by molar-refractivity contribution is 6.16. The highest BCUT2D eigenvalue weighted by Crippen LogP contribution is 2.65. The molecule has 15 rings (SSSR count). The number of hydrogen-bond donors (Lipinski definition) is 0. The van der Waals surface area contributed by atoms with Crippen LogP contribution in [0.5, 0.6) is 0 Å². The van der Waals surface area contributed by atoms with Gasteiger partial charge in [-0.05, 0) is 93.0 Å². The van der Waals surface area contributed by atoms with Crippen molar-refractivity contribution < 1.29 is 26.3 Å². The van der Waals surface area contributed by atoms with Crippen molar-refractivity contribution in [2.75, 3.05) is 4.90 Å². The summed E-state index contributed by atoms with van der Waals surface area (Å²) >= 11 is 0. The molecule has 0 radical (unpaired) electrons. The largest absolute Gasteiger partial charge is 0.416 e. The third kappa shape index (κ3) is 6.52. The zero-order chi connectivity index (χ0) is 54.2. The Balaban J connectivity index is 1.26. The molecule has 0 amide bonds. The minimum Gasteiger partial charge on any atom is -0.306 e. The Hall–Kier alpha value is -10.1. The van der Waals surface area contributed by atoms with E-state index < -0.39 is 28.9 Å². The molecule has 2 aromatic heterocycles. The van der Waals surface area contributed by atoms with Crippen molar-refractivity contribution in [1.29, 1.82) is 5.26 Å². The van der Waals surface area contributed by atoms with Crippen LogP contribution in [0.4, 0.5) is 43.4 Å². The molecule has 1 aliphatic heterocycles. The van der Waals surface area contributed by atoms with Crippen LogP contribution in [0.25, 0.3) is 88.4 Å². The number of anilines is 3. The highest BCUT2D eigenvalue weighted by atomic mass is 19.4. The number of benzene rings is 11. The molecule has 1 spiro atoms. The minimum atomic E-state index is -4.76. The van der Waals surface area contributed by atoms with Crippen molar-refractivity contribution in [2.45, 2.75) is 17.8 Å². The molecule has 4 nitrogen and oxygen atoms in total. The summed E-state index contributed by atoms with van der Waals surface area (Å²) in [6.07, 6.45) is -9.51. The molecule has 0 bridgehead atoms. The van der Waals surface area contributed by atoms with Crippen molar-refractivity contribution in [1.82, 2.24) is 9.13 Å². The van der Waals surface area contributed by atoms with Gasteiger partial charge < -0.3 is 14.0 Å². The van der Waals surface area contributed by atoms with Crippen molar-refractivity contribution >= 4 is 60.7 Å². The van der Waals surface area contributed by atoms with E-state index >= 15 is 26.3 Å². The number of fused-ring (bicyclic) bond motifs is 15. The van der Waals surface area contributed by atoms with Gasteiger partial charge in [0.05, 0.1) is 72.6 Å². The van der Waals surface area contributed by atoms with Crippen LogP contribution < -0.4 is 4.90 Å². The second-order valence-corrected chi connectivity index (χ2v) is 20.4. The molecule has 1 aliphatic carbocycles. The summed E-state index contributed by atoms with van der Waals surface area (Å²) < 4.78 is 96.0. The quantitative estimate of drug-likeness (QED) is 0.161.